The van der Waals surface area contributed by atoms with Crippen LogP contribution in [-0.2, 0) is 4.79 Å². The summed E-state index contributed by atoms with van der Waals surface area (Å²) in [6, 6.07) is 13.4. The smallest absolute Gasteiger partial charge is 0.254 e. The fourth-order valence-corrected chi connectivity index (χ4v) is 5.56. The highest BCUT2D eigenvalue weighted by Gasteiger charge is 2.47. The lowest BCUT2D eigenvalue weighted by Crippen LogP contribution is -2.47. The standard InChI is InChI=1S/C27H32ClN3O3/c1-3-30(4-2)26(33)18-12-14-22(15-13-18)29-25(32)24-17-19-8-5-6-11-23(19)31(24)27(34)20-9-7-10-21(28)16-20/h7,9-10,12-16,19,23-24H,3-6,8,11,17H2,1-2H3,(H,29,32). The van der Waals surface area contributed by atoms with Gasteiger partial charge in [-0.05, 0) is 81.5 Å². The van der Waals surface area contributed by atoms with E-state index in [1.165, 1.54) is 0 Å². The van der Waals surface area contributed by atoms with Gasteiger partial charge < -0.3 is 15.1 Å². The molecule has 2 aromatic carbocycles. The van der Waals surface area contributed by atoms with E-state index < -0.39 is 6.04 Å². The summed E-state index contributed by atoms with van der Waals surface area (Å²) < 4.78 is 0. The second-order valence-corrected chi connectivity index (χ2v) is 9.57. The summed E-state index contributed by atoms with van der Waals surface area (Å²) in [4.78, 5) is 43.0. The highest BCUT2D eigenvalue weighted by atomic mass is 35.5. The molecule has 3 amide bonds. The summed E-state index contributed by atoms with van der Waals surface area (Å²) in [5.41, 5.74) is 1.72. The molecule has 2 aromatic rings. The van der Waals surface area contributed by atoms with E-state index in [1.54, 1.807) is 58.3 Å². The maximum atomic E-state index is 13.5. The zero-order valence-electron chi connectivity index (χ0n) is 19.8. The third-order valence-corrected chi connectivity index (χ3v) is 7.38. The van der Waals surface area contributed by atoms with Crippen molar-refractivity contribution in [2.24, 2.45) is 5.92 Å². The fraction of sp³-hybridized carbons (Fsp3) is 0.444. The zero-order chi connectivity index (χ0) is 24.2. The average molecular weight is 482 g/mol. The number of benzene rings is 2. The molecule has 1 aliphatic carbocycles. The molecule has 1 N–H and O–H groups in total. The average Bonchev–Trinajstić information content (AvgIpc) is 3.24. The van der Waals surface area contributed by atoms with Crippen LogP contribution >= 0.6 is 11.6 Å². The number of anilines is 1. The first-order valence-corrected chi connectivity index (χ1v) is 12.6. The van der Waals surface area contributed by atoms with E-state index in [0.29, 0.717) is 47.3 Å². The molecule has 2 fully saturated rings. The highest BCUT2D eigenvalue weighted by Crippen LogP contribution is 2.41. The lowest BCUT2D eigenvalue weighted by Gasteiger charge is -2.33. The molecule has 180 valence electrons. The molecule has 2 aliphatic rings. The number of hydrogen-bond acceptors (Lipinski definition) is 3. The normalized spacial score (nSPS) is 21.6. The third-order valence-electron chi connectivity index (χ3n) is 7.15. The molecular weight excluding hydrogens is 450 g/mol. The number of likely N-dealkylation sites (tertiary alicyclic amines) is 1. The first-order valence-electron chi connectivity index (χ1n) is 12.2. The van der Waals surface area contributed by atoms with Crippen molar-refractivity contribution in [3.8, 4) is 0 Å². The molecule has 1 heterocycles. The number of fused-ring (bicyclic) bond motifs is 1. The van der Waals surface area contributed by atoms with Gasteiger partial charge >= 0.3 is 0 Å². The Balaban J connectivity index is 1.52. The van der Waals surface area contributed by atoms with Crippen molar-refractivity contribution in [1.29, 1.82) is 0 Å². The Morgan fingerprint density at radius 1 is 1.00 bits per heavy atom. The molecule has 1 aliphatic heterocycles. The summed E-state index contributed by atoms with van der Waals surface area (Å²) in [6.45, 7) is 5.19. The van der Waals surface area contributed by atoms with Crippen LogP contribution in [0.5, 0.6) is 0 Å². The molecule has 0 aromatic heterocycles. The maximum Gasteiger partial charge on any atom is 0.254 e. The van der Waals surface area contributed by atoms with Crippen LogP contribution < -0.4 is 5.32 Å². The van der Waals surface area contributed by atoms with Crippen LogP contribution in [0.3, 0.4) is 0 Å². The number of halogens is 1. The molecule has 7 heteroatoms. The van der Waals surface area contributed by atoms with Crippen LogP contribution in [0.1, 0.15) is 66.7 Å². The second kappa shape index (κ2) is 10.6. The second-order valence-electron chi connectivity index (χ2n) is 9.13. The van der Waals surface area contributed by atoms with Crippen molar-refractivity contribution in [3.63, 3.8) is 0 Å². The molecule has 1 saturated heterocycles. The Kier molecular flexibility index (Phi) is 7.57. The Bertz CT molecular complexity index is 1050. The van der Waals surface area contributed by atoms with E-state index in [0.717, 1.165) is 25.7 Å². The van der Waals surface area contributed by atoms with Gasteiger partial charge in [-0.3, -0.25) is 14.4 Å². The molecule has 0 radical (unpaired) electrons. The largest absolute Gasteiger partial charge is 0.339 e. The van der Waals surface area contributed by atoms with Gasteiger partial charge in [-0.15, -0.1) is 0 Å². The number of nitrogens with zero attached hydrogens (tertiary/aromatic N) is 2. The quantitative estimate of drug-likeness (QED) is 0.613. The van der Waals surface area contributed by atoms with Gasteiger partial charge in [0.2, 0.25) is 5.91 Å². The summed E-state index contributed by atoms with van der Waals surface area (Å²) >= 11 is 6.14. The molecule has 4 rings (SSSR count). The Morgan fingerprint density at radius 3 is 2.38 bits per heavy atom. The van der Waals surface area contributed by atoms with Crippen molar-refractivity contribution in [2.45, 2.75) is 58.0 Å². The van der Waals surface area contributed by atoms with Gasteiger partial charge in [0.15, 0.2) is 0 Å². The summed E-state index contributed by atoms with van der Waals surface area (Å²) in [5, 5.41) is 3.49. The third kappa shape index (κ3) is 4.97. The molecule has 3 atom stereocenters. The van der Waals surface area contributed by atoms with Crippen molar-refractivity contribution in [2.75, 3.05) is 18.4 Å². The summed E-state index contributed by atoms with van der Waals surface area (Å²) in [6.07, 6.45) is 4.83. The number of amides is 3. The number of hydrogen-bond donors (Lipinski definition) is 1. The molecule has 0 bridgehead atoms. The number of carbonyl (C=O) groups is 3. The molecule has 34 heavy (non-hydrogen) atoms. The number of carbonyl (C=O) groups excluding carboxylic acids is 3. The van der Waals surface area contributed by atoms with Crippen molar-refractivity contribution in [1.82, 2.24) is 9.80 Å². The minimum atomic E-state index is -0.531. The first-order chi connectivity index (χ1) is 16.4. The van der Waals surface area contributed by atoms with Crippen LogP contribution in [0.25, 0.3) is 0 Å². The maximum absolute atomic E-state index is 13.5. The van der Waals surface area contributed by atoms with E-state index >= 15 is 0 Å². The number of nitrogens with one attached hydrogen (secondary N) is 1. The van der Waals surface area contributed by atoms with E-state index in [2.05, 4.69) is 5.32 Å². The minimum absolute atomic E-state index is 0.0268. The van der Waals surface area contributed by atoms with Crippen LogP contribution in [0, 0.1) is 5.92 Å². The predicted octanol–water partition coefficient (Wildman–Crippen LogP) is 5.23. The summed E-state index contributed by atoms with van der Waals surface area (Å²) in [5.74, 6) is -0.0208. The Hall–Kier alpha value is -2.86. The topological polar surface area (TPSA) is 69.7 Å². The van der Waals surface area contributed by atoms with Crippen LogP contribution in [-0.4, -0.2) is 52.7 Å². The van der Waals surface area contributed by atoms with Gasteiger partial charge in [-0.2, -0.15) is 0 Å². The van der Waals surface area contributed by atoms with E-state index in [1.807, 2.05) is 13.8 Å². The van der Waals surface area contributed by atoms with Gasteiger partial charge in [0, 0.05) is 41.0 Å². The van der Waals surface area contributed by atoms with Gasteiger partial charge in [0.05, 0.1) is 0 Å². The summed E-state index contributed by atoms with van der Waals surface area (Å²) in [7, 11) is 0. The van der Waals surface area contributed by atoms with E-state index in [9.17, 15) is 14.4 Å². The molecule has 0 spiro atoms. The molecule has 1 saturated carbocycles. The lowest BCUT2D eigenvalue weighted by molar-refractivity contribution is -0.120. The van der Waals surface area contributed by atoms with Gasteiger partial charge in [-0.1, -0.05) is 30.5 Å². The van der Waals surface area contributed by atoms with E-state index in [-0.39, 0.29) is 23.8 Å². The predicted molar refractivity (Wildman–Crippen MR) is 134 cm³/mol. The molecular formula is C27H32ClN3O3. The fourth-order valence-electron chi connectivity index (χ4n) is 5.37. The van der Waals surface area contributed by atoms with Crippen molar-refractivity contribution >= 4 is 35.0 Å². The van der Waals surface area contributed by atoms with Crippen LogP contribution in [0.4, 0.5) is 5.69 Å². The number of rotatable bonds is 6. The van der Waals surface area contributed by atoms with Gasteiger partial charge in [-0.25, -0.2) is 0 Å². The zero-order valence-corrected chi connectivity index (χ0v) is 20.6. The Morgan fingerprint density at radius 2 is 1.71 bits per heavy atom. The minimum Gasteiger partial charge on any atom is -0.339 e. The van der Waals surface area contributed by atoms with Crippen LogP contribution in [0.2, 0.25) is 5.02 Å². The van der Waals surface area contributed by atoms with Crippen LogP contribution in [0.15, 0.2) is 48.5 Å². The molecule has 6 nitrogen and oxygen atoms in total. The molecule has 3 unspecified atom stereocenters. The van der Waals surface area contributed by atoms with E-state index in [4.69, 9.17) is 11.6 Å². The lowest BCUT2D eigenvalue weighted by atomic mass is 9.84. The highest BCUT2D eigenvalue weighted by molar-refractivity contribution is 6.31. The monoisotopic (exact) mass is 481 g/mol. The van der Waals surface area contributed by atoms with Gasteiger partial charge in [0.25, 0.3) is 11.8 Å². The Labute approximate surface area is 206 Å². The van der Waals surface area contributed by atoms with Crippen molar-refractivity contribution < 1.29 is 14.4 Å². The SMILES string of the molecule is CCN(CC)C(=O)c1ccc(NC(=O)C2CC3CCCCC3N2C(=O)c2cccc(Cl)c2)cc1. The first kappa shape index (κ1) is 24.3. The van der Waals surface area contributed by atoms with Gasteiger partial charge in [0.1, 0.15) is 6.04 Å². The van der Waals surface area contributed by atoms with Crippen molar-refractivity contribution in [3.05, 3.63) is 64.7 Å².